The molecule has 0 aromatic heterocycles. The molecule has 4 aliphatic carbocycles. The summed E-state index contributed by atoms with van der Waals surface area (Å²) in [7, 11) is 0. The van der Waals surface area contributed by atoms with Crippen molar-refractivity contribution in [2.24, 2.45) is 39.1 Å². The molecule has 4 saturated carbocycles. The largest absolute Gasteiger partial charge is 0.442 e. The van der Waals surface area contributed by atoms with Crippen molar-refractivity contribution in [3.63, 3.8) is 0 Å². The van der Waals surface area contributed by atoms with Crippen LogP contribution in [0.1, 0.15) is 44.1 Å². The van der Waals surface area contributed by atoms with Gasteiger partial charge in [-0.25, -0.2) is 4.79 Å². The van der Waals surface area contributed by atoms with Gasteiger partial charge < -0.3 is 15.0 Å². The maximum Gasteiger partial charge on any atom is 0.407 e. The van der Waals surface area contributed by atoms with Crippen LogP contribution in [0.2, 0.25) is 0 Å². The van der Waals surface area contributed by atoms with Crippen molar-refractivity contribution in [1.29, 1.82) is 0 Å². The van der Waals surface area contributed by atoms with Crippen molar-refractivity contribution in [3.05, 3.63) is 35.9 Å². The standard InChI is InChI=1S/C24H29N5O3/c30-22(29-13-20(14-29)32-23(31)25-12-21-26-28-27-21)11-24(17-4-2-1-3-5-17)18-7-15-6-16(9-18)10-19(24)8-15/h1-5,15-16,18-20H,6-14H2,(H,25,31). The molecule has 168 valence electrons. The van der Waals surface area contributed by atoms with Crippen LogP contribution in [0.15, 0.2) is 45.8 Å². The Bertz CT molecular complexity index is 941. The fourth-order valence-electron chi connectivity index (χ4n) is 7.24. The van der Waals surface area contributed by atoms with Gasteiger partial charge in [-0.3, -0.25) is 4.79 Å². The third kappa shape index (κ3) is 3.31. The third-order valence-corrected chi connectivity index (χ3v) is 8.54. The zero-order chi connectivity index (χ0) is 21.7. The summed E-state index contributed by atoms with van der Waals surface area (Å²) < 4.78 is 5.41. The number of hydrogen-bond acceptors (Lipinski definition) is 6. The predicted molar refractivity (Wildman–Crippen MR) is 117 cm³/mol. The van der Waals surface area contributed by atoms with Gasteiger partial charge in [0.1, 0.15) is 6.10 Å². The fraction of sp³-hybridized carbons (Fsp3) is 0.625. The summed E-state index contributed by atoms with van der Waals surface area (Å²) in [5.74, 6) is 3.61. The minimum absolute atomic E-state index is 0.0346. The Morgan fingerprint density at radius 2 is 1.69 bits per heavy atom. The number of amides is 2. The maximum absolute atomic E-state index is 13.4. The molecule has 8 heteroatoms. The van der Waals surface area contributed by atoms with E-state index in [-0.39, 0.29) is 24.0 Å². The lowest BCUT2D eigenvalue weighted by molar-refractivity contribution is -0.148. The van der Waals surface area contributed by atoms with Gasteiger partial charge in [0.05, 0.1) is 19.6 Å². The molecular formula is C24H29N5O3. The molecule has 0 radical (unpaired) electrons. The highest BCUT2D eigenvalue weighted by atomic mass is 16.6. The second-order valence-corrected chi connectivity index (χ2v) is 10.3. The average Bonchev–Trinajstić information content (AvgIpc) is 2.72. The number of amidine groups is 1. The number of carbonyl (C=O) groups excluding carboxylic acids is 2. The molecule has 2 amide bonds. The van der Waals surface area contributed by atoms with Crippen molar-refractivity contribution in [3.8, 4) is 0 Å². The number of nitrogens with one attached hydrogen (secondary N) is 1. The lowest BCUT2D eigenvalue weighted by Gasteiger charge is -2.62. The molecule has 1 saturated heterocycles. The van der Waals surface area contributed by atoms with E-state index >= 15 is 0 Å². The summed E-state index contributed by atoms with van der Waals surface area (Å²) in [5, 5.41) is 13.3. The van der Waals surface area contributed by atoms with Gasteiger partial charge in [0.15, 0.2) is 5.84 Å². The Morgan fingerprint density at radius 3 is 2.28 bits per heavy atom. The first-order chi connectivity index (χ1) is 15.6. The summed E-state index contributed by atoms with van der Waals surface area (Å²) in [4.78, 5) is 27.2. The maximum atomic E-state index is 13.4. The Morgan fingerprint density at radius 1 is 1.03 bits per heavy atom. The topological polar surface area (TPSA) is 95.7 Å². The smallest absolute Gasteiger partial charge is 0.407 e. The summed E-state index contributed by atoms with van der Waals surface area (Å²) in [6, 6.07) is 10.8. The Balaban J connectivity index is 1.11. The van der Waals surface area contributed by atoms with Crippen LogP contribution in [0.4, 0.5) is 4.79 Å². The highest BCUT2D eigenvalue weighted by Gasteiger charge is 2.58. The molecule has 0 spiro atoms. The van der Waals surface area contributed by atoms with Crippen molar-refractivity contribution >= 4 is 17.8 Å². The Hall–Kier alpha value is -2.77. The Kier molecular flexibility index (Phi) is 4.77. The molecule has 4 bridgehead atoms. The molecule has 2 heterocycles. The van der Waals surface area contributed by atoms with Crippen LogP contribution in [0.25, 0.3) is 0 Å². The van der Waals surface area contributed by atoms with Gasteiger partial charge in [-0.05, 0) is 66.6 Å². The number of rotatable bonds is 6. The number of benzene rings is 1. The normalized spacial score (nSPS) is 34.5. The number of alkyl carbamates (subject to hydrolysis) is 1. The molecule has 6 aliphatic rings. The predicted octanol–water partition coefficient (Wildman–Crippen LogP) is 3.49. The molecule has 0 atom stereocenters. The molecule has 32 heavy (non-hydrogen) atoms. The molecule has 1 N–H and O–H groups in total. The van der Waals surface area contributed by atoms with Gasteiger partial charge in [-0.15, -0.1) is 10.2 Å². The van der Waals surface area contributed by atoms with Crippen LogP contribution in [0.3, 0.4) is 0 Å². The third-order valence-electron chi connectivity index (χ3n) is 8.54. The van der Waals surface area contributed by atoms with Gasteiger partial charge in [0, 0.05) is 11.8 Å². The van der Waals surface area contributed by atoms with E-state index in [1.807, 2.05) is 4.90 Å². The van der Waals surface area contributed by atoms with Crippen LogP contribution >= 0.6 is 0 Å². The summed E-state index contributed by atoms with van der Waals surface area (Å²) in [5.41, 5.74) is 1.32. The zero-order valence-electron chi connectivity index (χ0n) is 18.2. The van der Waals surface area contributed by atoms with E-state index in [1.165, 1.54) is 37.7 Å². The second-order valence-electron chi connectivity index (χ2n) is 10.3. The highest BCUT2D eigenvalue weighted by molar-refractivity contribution is 5.89. The van der Waals surface area contributed by atoms with Crippen molar-refractivity contribution in [1.82, 2.24) is 10.2 Å². The number of carbonyl (C=O) groups is 2. The van der Waals surface area contributed by atoms with Gasteiger partial charge in [-0.2, -0.15) is 0 Å². The van der Waals surface area contributed by atoms with Crippen molar-refractivity contribution < 1.29 is 14.3 Å². The summed E-state index contributed by atoms with van der Waals surface area (Å²) in [6.45, 7) is 1.15. The average molecular weight is 436 g/mol. The lowest BCUT2D eigenvalue weighted by Crippen LogP contribution is -2.60. The van der Waals surface area contributed by atoms with E-state index < -0.39 is 6.09 Å². The molecule has 1 aromatic carbocycles. The highest BCUT2D eigenvalue weighted by Crippen LogP contribution is 2.64. The van der Waals surface area contributed by atoms with E-state index in [4.69, 9.17) is 4.74 Å². The molecule has 7 rings (SSSR count). The summed E-state index contributed by atoms with van der Waals surface area (Å²) >= 11 is 0. The van der Waals surface area contributed by atoms with Gasteiger partial charge in [0.25, 0.3) is 0 Å². The Labute approximate surface area is 187 Å². The molecule has 5 fully saturated rings. The van der Waals surface area contributed by atoms with Gasteiger partial charge in [0.2, 0.25) is 5.91 Å². The molecular weight excluding hydrogens is 406 g/mol. The van der Waals surface area contributed by atoms with Crippen molar-refractivity contribution in [2.45, 2.75) is 50.0 Å². The number of likely N-dealkylation sites (tertiary alicyclic amines) is 1. The van der Waals surface area contributed by atoms with Crippen LogP contribution in [-0.2, 0) is 14.9 Å². The van der Waals surface area contributed by atoms with E-state index in [9.17, 15) is 9.59 Å². The van der Waals surface area contributed by atoms with Crippen LogP contribution in [0.5, 0.6) is 0 Å². The van der Waals surface area contributed by atoms with E-state index in [0.29, 0.717) is 37.2 Å². The van der Waals surface area contributed by atoms with E-state index in [1.54, 1.807) is 0 Å². The minimum Gasteiger partial charge on any atom is -0.442 e. The monoisotopic (exact) mass is 435 g/mol. The fourth-order valence-corrected chi connectivity index (χ4v) is 7.24. The van der Waals surface area contributed by atoms with Gasteiger partial charge in [-0.1, -0.05) is 30.3 Å². The van der Waals surface area contributed by atoms with E-state index in [2.05, 4.69) is 51.1 Å². The molecule has 2 aliphatic heterocycles. The SMILES string of the molecule is O=C(NCC1=NN=N1)OC1CN(C(=O)CC2(c3ccccc3)C3CC4CC(C3)CC2C4)C1. The van der Waals surface area contributed by atoms with Crippen LogP contribution < -0.4 is 5.32 Å². The first-order valence-corrected chi connectivity index (χ1v) is 11.9. The minimum atomic E-state index is -0.506. The number of ether oxygens (including phenoxy) is 1. The summed E-state index contributed by atoms with van der Waals surface area (Å²) in [6.07, 6.45) is 6.30. The molecule has 1 aromatic rings. The van der Waals surface area contributed by atoms with E-state index in [0.717, 1.165) is 11.8 Å². The number of hydrogen-bond donors (Lipinski definition) is 1. The first-order valence-electron chi connectivity index (χ1n) is 11.9. The van der Waals surface area contributed by atoms with Crippen molar-refractivity contribution in [2.75, 3.05) is 19.6 Å². The zero-order valence-corrected chi connectivity index (χ0v) is 18.2. The number of nitrogens with zero attached hydrogens (tertiary/aromatic N) is 4. The van der Waals surface area contributed by atoms with Crippen LogP contribution in [-0.4, -0.2) is 48.5 Å². The quantitative estimate of drug-likeness (QED) is 0.741. The molecule has 0 unspecified atom stereocenters. The second kappa shape index (κ2) is 7.67. The van der Waals surface area contributed by atoms with Crippen LogP contribution in [0, 0.1) is 23.7 Å². The lowest BCUT2D eigenvalue weighted by atomic mass is 9.43. The van der Waals surface area contributed by atoms with Gasteiger partial charge >= 0.3 is 6.09 Å². The molecule has 8 nitrogen and oxygen atoms in total. The first kappa shape index (κ1) is 19.9.